The van der Waals surface area contributed by atoms with Crippen molar-refractivity contribution in [1.29, 1.82) is 0 Å². The van der Waals surface area contributed by atoms with Crippen LogP contribution in [0.4, 0.5) is 0 Å². The number of carbonyl (C=O) groups excluding carboxylic acids is 1. The molecule has 1 amide bonds. The Morgan fingerprint density at radius 2 is 2.09 bits per heavy atom. The number of hydrogen-bond acceptors (Lipinski definition) is 4. The molecule has 2 aromatic heterocycles. The second-order valence-corrected chi connectivity index (χ2v) is 5.41. The molecule has 118 valence electrons. The summed E-state index contributed by atoms with van der Waals surface area (Å²) < 4.78 is 1.93. The van der Waals surface area contributed by atoms with Gasteiger partial charge in [0.25, 0.3) is 5.91 Å². The van der Waals surface area contributed by atoms with Crippen LogP contribution in [0.25, 0.3) is 0 Å². The maximum atomic E-state index is 12.3. The molecule has 0 spiro atoms. The molecule has 2 rings (SSSR count). The molecule has 0 aliphatic carbocycles. The van der Waals surface area contributed by atoms with Gasteiger partial charge in [-0.2, -0.15) is 5.10 Å². The molecule has 2 heterocycles. The van der Waals surface area contributed by atoms with E-state index >= 15 is 0 Å². The van der Waals surface area contributed by atoms with Gasteiger partial charge in [0.15, 0.2) is 0 Å². The van der Waals surface area contributed by atoms with E-state index in [1.54, 1.807) is 6.20 Å². The average molecular weight is 301 g/mol. The number of rotatable bonds is 6. The summed E-state index contributed by atoms with van der Waals surface area (Å²) in [5.74, 6) is -0.123. The second kappa shape index (κ2) is 7.15. The first-order valence-electron chi connectivity index (χ1n) is 7.62. The minimum Gasteiger partial charge on any atom is -0.350 e. The van der Waals surface area contributed by atoms with Gasteiger partial charge in [-0.05, 0) is 32.8 Å². The number of aromatic nitrogens is 4. The van der Waals surface area contributed by atoms with Crippen LogP contribution < -0.4 is 5.32 Å². The van der Waals surface area contributed by atoms with Gasteiger partial charge in [-0.1, -0.05) is 13.3 Å². The Balaban J connectivity index is 1.97. The van der Waals surface area contributed by atoms with Crippen molar-refractivity contribution >= 4 is 5.91 Å². The van der Waals surface area contributed by atoms with Crippen LogP contribution in [0.3, 0.4) is 0 Å². The summed E-state index contributed by atoms with van der Waals surface area (Å²) in [6, 6.07) is 0. The SMILES string of the molecule is CCCc1ncncc1C(=O)NCCn1nc(C)c(C)c1C. The minimum absolute atomic E-state index is 0.123. The molecule has 0 unspecified atom stereocenters. The number of nitrogens with one attached hydrogen (secondary N) is 1. The van der Waals surface area contributed by atoms with Gasteiger partial charge in [-0.3, -0.25) is 9.48 Å². The quantitative estimate of drug-likeness (QED) is 0.885. The van der Waals surface area contributed by atoms with Crippen LogP contribution in [0.15, 0.2) is 12.5 Å². The zero-order valence-electron chi connectivity index (χ0n) is 13.7. The average Bonchev–Trinajstić information content (AvgIpc) is 2.75. The molecule has 0 bridgehead atoms. The molecule has 6 heteroatoms. The molecule has 2 aromatic rings. The van der Waals surface area contributed by atoms with Crippen LogP contribution in [0, 0.1) is 20.8 Å². The van der Waals surface area contributed by atoms with Gasteiger partial charge in [-0.25, -0.2) is 9.97 Å². The number of carbonyl (C=O) groups is 1. The van der Waals surface area contributed by atoms with Crippen molar-refractivity contribution in [3.05, 3.63) is 40.7 Å². The maximum absolute atomic E-state index is 12.3. The van der Waals surface area contributed by atoms with E-state index < -0.39 is 0 Å². The van der Waals surface area contributed by atoms with E-state index in [0.717, 1.165) is 29.9 Å². The largest absolute Gasteiger partial charge is 0.350 e. The second-order valence-electron chi connectivity index (χ2n) is 5.41. The van der Waals surface area contributed by atoms with E-state index in [-0.39, 0.29) is 5.91 Å². The first-order chi connectivity index (χ1) is 10.5. The van der Waals surface area contributed by atoms with Crippen molar-refractivity contribution in [3.63, 3.8) is 0 Å². The van der Waals surface area contributed by atoms with Crippen molar-refractivity contribution in [1.82, 2.24) is 25.1 Å². The molecular formula is C16H23N5O. The van der Waals surface area contributed by atoms with E-state index in [1.807, 2.05) is 18.5 Å². The molecule has 0 aromatic carbocycles. The minimum atomic E-state index is -0.123. The first kappa shape index (κ1) is 16.1. The van der Waals surface area contributed by atoms with Crippen molar-refractivity contribution in [2.75, 3.05) is 6.54 Å². The molecular weight excluding hydrogens is 278 g/mol. The Hall–Kier alpha value is -2.24. The van der Waals surface area contributed by atoms with Gasteiger partial charge in [0.05, 0.1) is 23.5 Å². The lowest BCUT2D eigenvalue weighted by Gasteiger charge is -2.09. The Bertz CT molecular complexity index is 663. The Morgan fingerprint density at radius 3 is 2.73 bits per heavy atom. The Kier molecular flexibility index (Phi) is 5.25. The van der Waals surface area contributed by atoms with Crippen LogP contribution in [0.2, 0.25) is 0 Å². The lowest BCUT2D eigenvalue weighted by atomic mass is 10.1. The fourth-order valence-corrected chi connectivity index (χ4v) is 2.36. The number of aryl methyl sites for hydroxylation is 2. The fourth-order valence-electron chi connectivity index (χ4n) is 2.36. The lowest BCUT2D eigenvalue weighted by molar-refractivity contribution is 0.0950. The summed E-state index contributed by atoms with van der Waals surface area (Å²) >= 11 is 0. The molecule has 0 atom stereocenters. The summed E-state index contributed by atoms with van der Waals surface area (Å²) in [6.45, 7) is 9.35. The zero-order valence-corrected chi connectivity index (χ0v) is 13.7. The highest BCUT2D eigenvalue weighted by Crippen LogP contribution is 2.10. The van der Waals surface area contributed by atoms with Gasteiger partial charge in [-0.15, -0.1) is 0 Å². The fraction of sp³-hybridized carbons (Fsp3) is 0.500. The third kappa shape index (κ3) is 3.50. The lowest BCUT2D eigenvalue weighted by Crippen LogP contribution is -2.29. The predicted molar refractivity (Wildman–Crippen MR) is 84.8 cm³/mol. The van der Waals surface area contributed by atoms with Crippen molar-refractivity contribution < 1.29 is 4.79 Å². The van der Waals surface area contributed by atoms with E-state index in [4.69, 9.17) is 0 Å². The maximum Gasteiger partial charge on any atom is 0.254 e. The van der Waals surface area contributed by atoms with Gasteiger partial charge < -0.3 is 5.32 Å². The topological polar surface area (TPSA) is 72.7 Å². The Morgan fingerprint density at radius 1 is 1.32 bits per heavy atom. The number of nitrogens with zero attached hydrogens (tertiary/aromatic N) is 4. The van der Waals surface area contributed by atoms with Crippen LogP contribution in [-0.4, -0.2) is 32.2 Å². The highest BCUT2D eigenvalue weighted by molar-refractivity contribution is 5.94. The van der Waals surface area contributed by atoms with Crippen molar-refractivity contribution in [2.45, 2.75) is 47.1 Å². The first-order valence-corrected chi connectivity index (χ1v) is 7.62. The van der Waals surface area contributed by atoms with Crippen LogP contribution >= 0.6 is 0 Å². The zero-order chi connectivity index (χ0) is 16.1. The predicted octanol–water partition coefficient (Wildman–Crippen LogP) is 1.98. The third-order valence-corrected chi connectivity index (χ3v) is 3.88. The van der Waals surface area contributed by atoms with Gasteiger partial charge >= 0.3 is 0 Å². The summed E-state index contributed by atoms with van der Waals surface area (Å²) in [5.41, 5.74) is 4.74. The normalized spacial score (nSPS) is 10.7. The van der Waals surface area contributed by atoms with Gasteiger partial charge in [0, 0.05) is 18.4 Å². The van der Waals surface area contributed by atoms with E-state index in [1.165, 1.54) is 11.9 Å². The molecule has 0 radical (unpaired) electrons. The summed E-state index contributed by atoms with van der Waals surface area (Å²) in [4.78, 5) is 20.4. The molecule has 0 fully saturated rings. The molecule has 6 nitrogen and oxygen atoms in total. The van der Waals surface area contributed by atoms with Crippen molar-refractivity contribution in [3.8, 4) is 0 Å². The molecule has 0 aliphatic heterocycles. The third-order valence-electron chi connectivity index (χ3n) is 3.88. The molecule has 22 heavy (non-hydrogen) atoms. The molecule has 0 saturated carbocycles. The van der Waals surface area contributed by atoms with Crippen LogP contribution in [0.5, 0.6) is 0 Å². The van der Waals surface area contributed by atoms with E-state index in [2.05, 4.69) is 34.2 Å². The van der Waals surface area contributed by atoms with Gasteiger partial charge in [0.1, 0.15) is 6.33 Å². The Labute approximate surface area is 131 Å². The van der Waals surface area contributed by atoms with E-state index in [9.17, 15) is 4.79 Å². The molecule has 1 N–H and O–H groups in total. The highest BCUT2D eigenvalue weighted by atomic mass is 16.1. The van der Waals surface area contributed by atoms with Crippen LogP contribution in [-0.2, 0) is 13.0 Å². The van der Waals surface area contributed by atoms with Crippen LogP contribution in [0.1, 0.15) is 46.3 Å². The standard InChI is InChI=1S/C16H23N5O/c1-5-6-15-14(9-17-10-19-15)16(22)18-7-8-21-13(4)11(2)12(3)20-21/h9-10H,5-8H2,1-4H3,(H,18,22). The molecule has 0 aliphatic rings. The molecule has 0 saturated heterocycles. The van der Waals surface area contributed by atoms with Crippen molar-refractivity contribution in [2.24, 2.45) is 0 Å². The highest BCUT2D eigenvalue weighted by Gasteiger charge is 2.12. The number of amides is 1. The van der Waals surface area contributed by atoms with E-state index in [0.29, 0.717) is 18.7 Å². The number of hydrogen-bond donors (Lipinski definition) is 1. The summed E-state index contributed by atoms with van der Waals surface area (Å²) in [6.07, 6.45) is 4.80. The smallest absolute Gasteiger partial charge is 0.254 e. The summed E-state index contributed by atoms with van der Waals surface area (Å²) in [5, 5.41) is 7.39. The monoisotopic (exact) mass is 301 g/mol. The summed E-state index contributed by atoms with van der Waals surface area (Å²) in [7, 11) is 0. The van der Waals surface area contributed by atoms with Gasteiger partial charge in [0.2, 0.25) is 0 Å².